The molecule has 0 fully saturated rings. The van der Waals surface area contributed by atoms with E-state index in [1.165, 1.54) is 11.3 Å². The molecule has 2 nitrogen and oxygen atoms in total. The number of nitrogens with one attached hydrogen (secondary N) is 1. The normalized spacial score (nSPS) is 10.2. The monoisotopic (exact) mass is 185 g/mol. The summed E-state index contributed by atoms with van der Waals surface area (Å²) in [5.74, 6) is 0.966. The van der Waals surface area contributed by atoms with Crippen LogP contribution >= 0.6 is 11.3 Å². The zero-order chi connectivity index (χ0) is 8.81. The SMILES string of the molecule is CCCNCc1cc(OC)cs1. The van der Waals surface area contributed by atoms with E-state index in [1.807, 2.05) is 5.38 Å². The quantitative estimate of drug-likeness (QED) is 0.710. The van der Waals surface area contributed by atoms with Crippen LogP contribution in [0.25, 0.3) is 0 Å². The summed E-state index contributed by atoms with van der Waals surface area (Å²) in [5, 5.41) is 5.37. The Morgan fingerprint density at radius 2 is 2.42 bits per heavy atom. The lowest BCUT2D eigenvalue weighted by molar-refractivity contribution is 0.416. The van der Waals surface area contributed by atoms with Crippen LogP contribution in [0.2, 0.25) is 0 Å². The third-order valence-electron chi connectivity index (χ3n) is 1.59. The smallest absolute Gasteiger partial charge is 0.129 e. The summed E-state index contributed by atoms with van der Waals surface area (Å²) in [7, 11) is 1.70. The Kier molecular flexibility index (Phi) is 4.11. The van der Waals surface area contributed by atoms with Gasteiger partial charge in [0.1, 0.15) is 5.75 Å². The lowest BCUT2D eigenvalue weighted by atomic mass is 10.4. The van der Waals surface area contributed by atoms with Gasteiger partial charge in [-0.05, 0) is 19.0 Å². The average Bonchev–Trinajstić information content (AvgIpc) is 2.53. The van der Waals surface area contributed by atoms with Crippen molar-refractivity contribution in [1.29, 1.82) is 0 Å². The molecule has 1 aromatic rings. The van der Waals surface area contributed by atoms with Gasteiger partial charge in [-0.2, -0.15) is 0 Å². The van der Waals surface area contributed by atoms with Crippen molar-refractivity contribution >= 4 is 11.3 Å². The molecule has 0 radical (unpaired) electrons. The van der Waals surface area contributed by atoms with Crippen LogP contribution in [0.3, 0.4) is 0 Å². The van der Waals surface area contributed by atoms with E-state index >= 15 is 0 Å². The Bertz CT molecular complexity index is 222. The van der Waals surface area contributed by atoms with Gasteiger partial charge in [0.15, 0.2) is 0 Å². The number of thiophene rings is 1. The molecule has 0 saturated heterocycles. The molecule has 12 heavy (non-hydrogen) atoms. The molecule has 3 heteroatoms. The molecule has 0 saturated carbocycles. The summed E-state index contributed by atoms with van der Waals surface area (Å²) >= 11 is 1.74. The van der Waals surface area contributed by atoms with Crippen molar-refractivity contribution in [1.82, 2.24) is 5.32 Å². The fourth-order valence-corrected chi connectivity index (χ4v) is 1.75. The van der Waals surface area contributed by atoms with E-state index in [0.29, 0.717) is 0 Å². The lowest BCUT2D eigenvalue weighted by Crippen LogP contribution is -2.12. The molecule has 1 rings (SSSR count). The van der Waals surface area contributed by atoms with E-state index < -0.39 is 0 Å². The van der Waals surface area contributed by atoms with Gasteiger partial charge in [-0.25, -0.2) is 0 Å². The van der Waals surface area contributed by atoms with Crippen LogP contribution in [-0.4, -0.2) is 13.7 Å². The summed E-state index contributed by atoms with van der Waals surface area (Å²) in [6.45, 7) is 4.21. The van der Waals surface area contributed by atoms with Crippen molar-refractivity contribution in [3.63, 3.8) is 0 Å². The minimum absolute atomic E-state index is 0.960. The number of rotatable bonds is 5. The number of hydrogen-bond acceptors (Lipinski definition) is 3. The Balaban J connectivity index is 2.31. The van der Waals surface area contributed by atoms with Gasteiger partial charge in [-0.15, -0.1) is 11.3 Å². The highest BCUT2D eigenvalue weighted by Crippen LogP contribution is 2.20. The van der Waals surface area contributed by atoms with Gasteiger partial charge in [0.2, 0.25) is 0 Å². The second kappa shape index (κ2) is 5.17. The number of methoxy groups -OCH3 is 1. The Hall–Kier alpha value is -0.540. The van der Waals surface area contributed by atoms with Crippen molar-refractivity contribution in [3.05, 3.63) is 16.3 Å². The molecular weight excluding hydrogens is 170 g/mol. The lowest BCUT2D eigenvalue weighted by Gasteiger charge is -1.98. The van der Waals surface area contributed by atoms with Crippen LogP contribution in [-0.2, 0) is 6.54 Å². The van der Waals surface area contributed by atoms with Crippen molar-refractivity contribution in [2.24, 2.45) is 0 Å². The summed E-state index contributed by atoms with van der Waals surface area (Å²) in [6, 6.07) is 2.08. The molecule has 0 unspecified atom stereocenters. The van der Waals surface area contributed by atoms with Crippen molar-refractivity contribution in [2.45, 2.75) is 19.9 Å². The largest absolute Gasteiger partial charge is 0.496 e. The van der Waals surface area contributed by atoms with Crippen LogP contribution in [0.5, 0.6) is 5.75 Å². The summed E-state index contributed by atoms with van der Waals surface area (Å²) < 4.78 is 5.08. The maximum atomic E-state index is 5.08. The van der Waals surface area contributed by atoms with Crippen molar-refractivity contribution < 1.29 is 4.74 Å². The molecule has 1 N–H and O–H groups in total. The number of hydrogen-bond donors (Lipinski definition) is 1. The molecule has 0 spiro atoms. The predicted molar refractivity (Wildman–Crippen MR) is 52.9 cm³/mol. The highest BCUT2D eigenvalue weighted by molar-refractivity contribution is 7.10. The molecule has 0 amide bonds. The summed E-state index contributed by atoms with van der Waals surface area (Å²) in [6.07, 6.45) is 1.18. The molecule has 0 aromatic carbocycles. The maximum absolute atomic E-state index is 5.08. The molecule has 1 aromatic heterocycles. The summed E-state index contributed by atoms with van der Waals surface area (Å²) in [4.78, 5) is 1.33. The van der Waals surface area contributed by atoms with Crippen LogP contribution in [0.1, 0.15) is 18.2 Å². The fourth-order valence-electron chi connectivity index (χ4n) is 0.949. The Morgan fingerprint density at radius 3 is 3.00 bits per heavy atom. The third kappa shape index (κ3) is 2.83. The first-order chi connectivity index (χ1) is 5.86. The van der Waals surface area contributed by atoms with Gasteiger partial charge in [-0.1, -0.05) is 6.92 Å². The van der Waals surface area contributed by atoms with Gasteiger partial charge < -0.3 is 10.1 Å². The van der Waals surface area contributed by atoms with Crippen LogP contribution in [0.4, 0.5) is 0 Å². The third-order valence-corrected chi connectivity index (χ3v) is 2.51. The highest BCUT2D eigenvalue weighted by Gasteiger charge is 1.97. The van der Waals surface area contributed by atoms with Crippen LogP contribution in [0.15, 0.2) is 11.4 Å². The van der Waals surface area contributed by atoms with E-state index in [1.54, 1.807) is 18.4 Å². The van der Waals surface area contributed by atoms with E-state index in [4.69, 9.17) is 4.74 Å². The van der Waals surface area contributed by atoms with E-state index in [-0.39, 0.29) is 0 Å². The molecular formula is C9H15NOS. The molecule has 1 heterocycles. The average molecular weight is 185 g/mol. The van der Waals surface area contributed by atoms with Crippen molar-refractivity contribution in [3.8, 4) is 5.75 Å². The first-order valence-electron chi connectivity index (χ1n) is 4.19. The molecule has 0 aliphatic carbocycles. The maximum Gasteiger partial charge on any atom is 0.129 e. The minimum Gasteiger partial charge on any atom is -0.496 e. The second-order valence-corrected chi connectivity index (χ2v) is 3.63. The van der Waals surface area contributed by atoms with Gasteiger partial charge in [0, 0.05) is 16.8 Å². The Labute approximate surface area is 77.6 Å². The zero-order valence-electron chi connectivity index (χ0n) is 7.59. The van der Waals surface area contributed by atoms with E-state index in [9.17, 15) is 0 Å². The topological polar surface area (TPSA) is 21.3 Å². The summed E-state index contributed by atoms with van der Waals surface area (Å²) in [5.41, 5.74) is 0. The molecule has 0 aliphatic rings. The molecule has 0 aliphatic heterocycles. The van der Waals surface area contributed by atoms with E-state index in [0.717, 1.165) is 18.8 Å². The minimum atomic E-state index is 0.960. The fraction of sp³-hybridized carbons (Fsp3) is 0.556. The van der Waals surface area contributed by atoms with E-state index in [2.05, 4.69) is 18.3 Å². The Morgan fingerprint density at radius 1 is 1.58 bits per heavy atom. The van der Waals surface area contributed by atoms with Gasteiger partial charge >= 0.3 is 0 Å². The first kappa shape index (κ1) is 9.55. The van der Waals surface area contributed by atoms with Gasteiger partial charge in [0.25, 0.3) is 0 Å². The molecule has 0 bridgehead atoms. The molecule has 68 valence electrons. The second-order valence-electron chi connectivity index (χ2n) is 2.63. The predicted octanol–water partition coefficient (Wildman–Crippen LogP) is 2.26. The highest BCUT2D eigenvalue weighted by atomic mass is 32.1. The number of ether oxygens (including phenoxy) is 1. The van der Waals surface area contributed by atoms with Gasteiger partial charge in [0.05, 0.1) is 7.11 Å². The first-order valence-corrected chi connectivity index (χ1v) is 5.07. The standard InChI is InChI=1S/C9H15NOS/c1-3-4-10-6-9-5-8(11-2)7-12-9/h5,7,10H,3-4,6H2,1-2H3. The van der Waals surface area contributed by atoms with Gasteiger partial charge in [-0.3, -0.25) is 0 Å². The van der Waals surface area contributed by atoms with Crippen LogP contribution in [0, 0.1) is 0 Å². The van der Waals surface area contributed by atoms with Crippen molar-refractivity contribution in [2.75, 3.05) is 13.7 Å². The zero-order valence-corrected chi connectivity index (χ0v) is 8.41. The molecule has 0 atom stereocenters. The van der Waals surface area contributed by atoms with Crippen LogP contribution < -0.4 is 10.1 Å².